The number of nitrogens with one attached hydrogen (secondary N) is 1. The van der Waals surface area contributed by atoms with Gasteiger partial charge in [-0.05, 0) is 64.7 Å². The fourth-order valence-corrected chi connectivity index (χ4v) is 6.19. The van der Waals surface area contributed by atoms with E-state index in [1.54, 1.807) is 31.7 Å². The number of aryl methyl sites for hydroxylation is 1. The topological polar surface area (TPSA) is 143 Å². The Morgan fingerprint density at radius 2 is 1.84 bits per heavy atom. The van der Waals surface area contributed by atoms with Gasteiger partial charge < -0.3 is 24.8 Å². The fraction of sp³-hybridized carbons (Fsp3) is 0.520. The summed E-state index contributed by atoms with van der Waals surface area (Å²) in [6.45, 7) is 5.99. The molecule has 0 aliphatic heterocycles. The molecule has 3 N–H and O–H groups in total. The Bertz CT molecular complexity index is 1330. The largest absolute Gasteiger partial charge is 0.373 e. The maximum absolute atomic E-state index is 13.9. The van der Waals surface area contributed by atoms with Crippen molar-refractivity contribution in [1.82, 2.24) is 19.5 Å². The lowest BCUT2D eigenvalue weighted by Crippen LogP contribution is -2.32. The van der Waals surface area contributed by atoms with Crippen molar-refractivity contribution in [3.8, 4) is 11.1 Å². The van der Waals surface area contributed by atoms with Crippen molar-refractivity contribution in [2.75, 3.05) is 37.7 Å². The summed E-state index contributed by atoms with van der Waals surface area (Å²) in [4.78, 5) is 27.0. The molecule has 3 aromatic rings. The minimum Gasteiger partial charge on any atom is -0.373 e. The third-order valence-electron chi connectivity index (χ3n) is 6.56. The SMILES string of the molecule is CCOP(=O)(COC1CCC(n2c(=O)c(-c3ccc(NC)nc3)cc3c(C)nc(N)nc32)CC1)OCC. The van der Waals surface area contributed by atoms with Crippen molar-refractivity contribution in [3.63, 3.8) is 0 Å². The number of nitrogen functional groups attached to an aromatic ring is 1. The summed E-state index contributed by atoms with van der Waals surface area (Å²) >= 11 is 0. The third kappa shape index (κ3) is 6.01. The second-order valence-electron chi connectivity index (χ2n) is 8.99. The number of rotatable bonds is 10. The molecule has 11 nitrogen and oxygen atoms in total. The molecular weight excluding hydrogens is 495 g/mol. The van der Waals surface area contributed by atoms with Gasteiger partial charge in [-0.15, -0.1) is 0 Å². The Hall–Kier alpha value is -2.85. The summed E-state index contributed by atoms with van der Waals surface area (Å²) in [5.41, 5.74) is 8.32. The normalized spacial score (nSPS) is 18.3. The minimum absolute atomic E-state index is 0.0824. The molecule has 0 spiro atoms. The van der Waals surface area contributed by atoms with Gasteiger partial charge in [0, 0.05) is 35.8 Å². The number of fused-ring (bicyclic) bond motifs is 1. The highest BCUT2D eigenvalue weighted by Gasteiger charge is 2.30. The molecule has 0 amide bonds. The molecule has 1 aliphatic carbocycles. The van der Waals surface area contributed by atoms with Crippen LogP contribution in [0.15, 0.2) is 29.2 Å². The molecule has 0 bridgehead atoms. The van der Waals surface area contributed by atoms with E-state index in [2.05, 4.69) is 20.3 Å². The Morgan fingerprint density at radius 3 is 2.43 bits per heavy atom. The lowest BCUT2D eigenvalue weighted by atomic mass is 9.92. The van der Waals surface area contributed by atoms with Gasteiger partial charge in [-0.1, -0.05) is 0 Å². The molecule has 3 heterocycles. The number of hydrogen-bond donors (Lipinski definition) is 2. The number of anilines is 2. The smallest absolute Gasteiger partial charge is 0.356 e. The average molecular weight is 531 g/mol. The molecule has 4 rings (SSSR count). The van der Waals surface area contributed by atoms with Crippen LogP contribution in [0.1, 0.15) is 51.3 Å². The van der Waals surface area contributed by atoms with Crippen LogP contribution in [-0.4, -0.2) is 52.2 Å². The van der Waals surface area contributed by atoms with Crippen LogP contribution in [-0.2, 0) is 18.3 Å². The molecule has 1 fully saturated rings. The molecule has 0 radical (unpaired) electrons. The molecular formula is C25H35N6O5P. The minimum atomic E-state index is -3.28. The highest BCUT2D eigenvalue weighted by molar-refractivity contribution is 7.53. The van der Waals surface area contributed by atoms with E-state index in [-0.39, 0.29) is 43.2 Å². The van der Waals surface area contributed by atoms with Crippen molar-refractivity contribution in [3.05, 3.63) is 40.4 Å². The first-order chi connectivity index (χ1) is 17.8. The molecule has 0 saturated heterocycles. The van der Waals surface area contributed by atoms with Crippen LogP contribution >= 0.6 is 7.60 Å². The van der Waals surface area contributed by atoms with Crippen LogP contribution in [0, 0.1) is 6.92 Å². The summed E-state index contributed by atoms with van der Waals surface area (Å²) < 4.78 is 31.1. The summed E-state index contributed by atoms with van der Waals surface area (Å²) in [5, 5.41) is 3.76. The number of aromatic nitrogens is 4. The first-order valence-electron chi connectivity index (χ1n) is 12.6. The van der Waals surface area contributed by atoms with E-state index in [1.165, 1.54) is 0 Å². The zero-order chi connectivity index (χ0) is 26.6. The summed E-state index contributed by atoms with van der Waals surface area (Å²) in [5.74, 6) is 0.847. The van der Waals surface area contributed by atoms with Gasteiger partial charge in [0.05, 0.1) is 25.0 Å². The maximum atomic E-state index is 13.9. The molecule has 3 aromatic heterocycles. The van der Waals surface area contributed by atoms with Crippen LogP contribution in [0.4, 0.5) is 11.8 Å². The lowest BCUT2D eigenvalue weighted by molar-refractivity contribution is 0.0324. The van der Waals surface area contributed by atoms with Crippen LogP contribution in [0.25, 0.3) is 22.2 Å². The van der Waals surface area contributed by atoms with Gasteiger partial charge in [0.15, 0.2) is 0 Å². The first-order valence-corrected chi connectivity index (χ1v) is 14.3. The van der Waals surface area contributed by atoms with E-state index in [0.717, 1.165) is 10.9 Å². The second-order valence-corrected chi connectivity index (χ2v) is 11.0. The van der Waals surface area contributed by atoms with Gasteiger partial charge in [0.2, 0.25) is 5.95 Å². The van der Waals surface area contributed by atoms with Gasteiger partial charge in [0.25, 0.3) is 5.56 Å². The monoisotopic (exact) mass is 530 g/mol. The van der Waals surface area contributed by atoms with E-state index in [4.69, 9.17) is 19.5 Å². The number of pyridine rings is 2. The number of hydrogen-bond acceptors (Lipinski definition) is 10. The summed E-state index contributed by atoms with van der Waals surface area (Å²) in [6, 6.07) is 5.44. The molecule has 37 heavy (non-hydrogen) atoms. The number of nitrogens with two attached hydrogens (primary N) is 1. The Morgan fingerprint density at radius 1 is 1.14 bits per heavy atom. The van der Waals surface area contributed by atoms with Crippen molar-refractivity contribution in [2.24, 2.45) is 0 Å². The van der Waals surface area contributed by atoms with Crippen LogP contribution < -0.4 is 16.6 Å². The Balaban J connectivity index is 1.63. The summed E-state index contributed by atoms with van der Waals surface area (Å²) in [6.07, 6.45) is 4.27. The number of nitrogens with zero attached hydrogens (tertiary/aromatic N) is 4. The number of ether oxygens (including phenoxy) is 1. The van der Waals surface area contributed by atoms with Gasteiger partial charge in [-0.25, -0.2) is 9.97 Å². The molecule has 12 heteroatoms. The van der Waals surface area contributed by atoms with Crippen molar-refractivity contribution in [2.45, 2.75) is 58.6 Å². The second kappa shape index (κ2) is 11.7. The van der Waals surface area contributed by atoms with Crippen LogP contribution in [0.3, 0.4) is 0 Å². The zero-order valence-corrected chi connectivity index (χ0v) is 22.7. The Labute approximate surface area is 216 Å². The molecule has 200 valence electrons. The van der Waals surface area contributed by atoms with Gasteiger partial charge in [-0.3, -0.25) is 13.9 Å². The van der Waals surface area contributed by atoms with E-state index >= 15 is 0 Å². The van der Waals surface area contributed by atoms with Crippen molar-refractivity contribution >= 4 is 30.4 Å². The van der Waals surface area contributed by atoms with Gasteiger partial charge in [-0.2, -0.15) is 4.98 Å². The highest BCUT2D eigenvalue weighted by Crippen LogP contribution is 2.48. The first kappa shape index (κ1) is 27.2. The van der Waals surface area contributed by atoms with E-state index < -0.39 is 7.60 Å². The van der Waals surface area contributed by atoms with E-state index in [9.17, 15) is 9.36 Å². The predicted molar refractivity (Wildman–Crippen MR) is 144 cm³/mol. The van der Waals surface area contributed by atoms with Gasteiger partial charge in [0.1, 0.15) is 17.8 Å². The molecule has 0 unspecified atom stereocenters. The van der Waals surface area contributed by atoms with Crippen LogP contribution in [0.2, 0.25) is 0 Å². The fourth-order valence-electron chi connectivity index (χ4n) is 4.79. The predicted octanol–water partition coefficient (Wildman–Crippen LogP) is 4.51. The molecule has 0 aromatic carbocycles. The quantitative estimate of drug-likeness (QED) is 0.359. The average Bonchev–Trinajstić information content (AvgIpc) is 2.88. The highest BCUT2D eigenvalue weighted by atomic mass is 31.2. The van der Waals surface area contributed by atoms with E-state index in [1.807, 2.05) is 25.1 Å². The van der Waals surface area contributed by atoms with E-state index in [0.29, 0.717) is 48.4 Å². The standard InChI is InChI=1S/C25H35N6O5P/c1-5-35-37(33,36-6-2)15-34-19-10-8-18(9-11-19)31-23-20(16(3)29-25(26)30-23)13-21(24(31)32)17-7-12-22(27-4)28-14-17/h7,12-14,18-19H,5-6,8-11,15H2,1-4H3,(H,27,28)(H2,26,29,30). The van der Waals surface area contributed by atoms with Crippen molar-refractivity contribution < 1.29 is 18.3 Å². The maximum Gasteiger partial charge on any atom is 0.356 e. The Kier molecular flexibility index (Phi) is 8.59. The van der Waals surface area contributed by atoms with Crippen LogP contribution in [0.5, 0.6) is 0 Å². The zero-order valence-electron chi connectivity index (χ0n) is 21.8. The molecule has 0 atom stereocenters. The summed E-state index contributed by atoms with van der Waals surface area (Å²) in [7, 11) is -1.48. The molecule has 1 aliphatic rings. The third-order valence-corrected chi connectivity index (χ3v) is 8.33. The van der Waals surface area contributed by atoms with Gasteiger partial charge >= 0.3 is 7.60 Å². The van der Waals surface area contributed by atoms with Crippen molar-refractivity contribution in [1.29, 1.82) is 0 Å². The molecule has 1 saturated carbocycles. The lowest BCUT2D eigenvalue weighted by Gasteiger charge is -2.31.